The van der Waals surface area contributed by atoms with Crippen LogP contribution in [0.2, 0.25) is 0 Å². The Morgan fingerprint density at radius 2 is 2.24 bits per heavy atom. The molecule has 2 aromatic rings. The number of nitrogens with one attached hydrogen (secondary N) is 1. The van der Waals surface area contributed by atoms with Crippen LogP contribution in [0.5, 0.6) is 0 Å². The van der Waals surface area contributed by atoms with Gasteiger partial charge in [-0.2, -0.15) is 4.31 Å². The van der Waals surface area contributed by atoms with Crippen molar-refractivity contribution in [1.82, 2.24) is 9.62 Å². The maximum absolute atomic E-state index is 12.9. The molecule has 0 bridgehead atoms. The second kappa shape index (κ2) is 5.81. The summed E-state index contributed by atoms with van der Waals surface area (Å²) in [6, 6.07) is 3.75. The van der Waals surface area contributed by atoms with Gasteiger partial charge in [0.25, 0.3) is 10.0 Å². The lowest BCUT2D eigenvalue weighted by Gasteiger charge is -2.32. The fourth-order valence-electron chi connectivity index (χ4n) is 2.72. The minimum atomic E-state index is -3.40. The first kappa shape index (κ1) is 15.2. The number of thiophene rings is 2. The molecule has 114 valence electrons. The van der Waals surface area contributed by atoms with E-state index in [1.165, 1.54) is 16.2 Å². The van der Waals surface area contributed by atoms with Gasteiger partial charge in [0.2, 0.25) is 0 Å². The highest BCUT2D eigenvalue weighted by molar-refractivity contribution is 7.91. The average Bonchev–Trinajstić information content (AvgIpc) is 3.08. The number of fused-ring (bicyclic) bond motifs is 1. The molecule has 1 N–H and O–H groups in total. The minimum absolute atomic E-state index is 0.0835. The van der Waals surface area contributed by atoms with Gasteiger partial charge in [-0.1, -0.05) is 0 Å². The normalized spacial score (nSPS) is 19.6. The van der Waals surface area contributed by atoms with E-state index in [-0.39, 0.29) is 6.04 Å². The van der Waals surface area contributed by atoms with Crippen LogP contribution in [0, 0.1) is 0 Å². The van der Waals surface area contributed by atoms with Crippen molar-refractivity contribution in [3.63, 3.8) is 0 Å². The van der Waals surface area contributed by atoms with E-state index < -0.39 is 10.0 Å². The summed E-state index contributed by atoms with van der Waals surface area (Å²) in [4.78, 5) is 1.32. The molecule has 0 aromatic carbocycles. The van der Waals surface area contributed by atoms with E-state index in [9.17, 15) is 8.42 Å². The summed E-state index contributed by atoms with van der Waals surface area (Å²) in [5, 5.41) is 7.01. The second-order valence-electron chi connectivity index (χ2n) is 5.15. The summed E-state index contributed by atoms with van der Waals surface area (Å²) in [5.41, 5.74) is 2.17. The highest BCUT2D eigenvalue weighted by Gasteiger charge is 2.35. The molecule has 2 aromatic heterocycles. The lowest BCUT2D eigenvalue weighted by Crippen LogP contribution is -2.37. The van der Waals surface area contributed by atoms with Crippen molar-refractivity contribution in [2.75, 3.05) is 13.6 Å². The first-order valence-corrected chi connectivity index (χ1v) is 10.0. The second-order valence-corrected chi connectivity index (χ2v) is 9.17. The van der Waals surface area contributed by atoms with Crippen LogP contribution < -0.4 is 5.32 Å². The minimum Gasteiger partial charge on any atom is -0.316 e. The first-order chi connectivity index (χ1) is 10.0. The van der Waals surface area contributed by atoms with Crippen molar-refractivity contribution in [2.24, 2.45) is 0 Å². The Kier molecular flexibility index (Phi) is 4.20. The third-order valence-electron chi connectivity index (χ3n) is 3.79. The average molecular weight is 343 g/mol. The Labute approximate surface area is 133 Å². The molecule has 1 unspecified atom stereocenters. The lowest BCUT2D eigenvalue weighted by atomic mass is 10.0. The molecule has 3 rings (SSSR count). The van der Waals surface area contributed by atoms with Crippen LogP contribution in [0.3, 0.4) is 0 Å². The summed E-state index contributed by atoms with van der Waals surface area (Å²) in [6.07, 6.45) is 0.811. The predicted octanol–water partition coefficient (Wildman–Crippen LogP) is 2.84. The van der Waals surface area contributed by atoms with Gasteiger partial charge in [0.05, 0.1) is 0 Å². The Balaban J connectivity index is 1.91. The molecule has 1 aliphatic rings. The molecular formula is C14H18N2O2S3. The summed E-state index contributed by atoms with van der Waals surface area (Å²) in [6.45, 7) is 3.23. The highest BCUT2D eigenvalue weighted by Crippen LogP contribution is 2.37. The third-order valence-corrected chi connectivity index (χ3v) is 8.23. The Morgan fingerprint density at radius 1 is 1.43 bits per heavy atom. The summed E-state index contributed by atoms with van der Waals surface area (Å²) >= 11 is 3.03. The maximum atomic E-state index is 12.9. The van der Waals surface area contributed by atoms with Gasteiger partial charge in [-0.25, -0.2) is 8.42 Å². The molecule has 1 aliphatic heterocycles. The van der Waals surface area contributed by atoms with Gasteiger partial charge in [0, 0.05) is 24.0 Å². The Hall–Kier alpha value is -0.730. The molecule has 4 nitrogen and oxygen atoms in total. The predicted molar refractivity (Wildman–Crippen MR) is 87.4 cm³/mol. The Morgan fingerprint density at radius 3 is 3.00 bits per heavy atom. The van der Waals surface area contributed by atoms with Gasteiger partial charge in [0.15, 0.2) is 0 Å². The molecule has 1 atom stereocenters. The van der Waals surface area contributed by atoms with E-state index >= 15 is 0 Å². The molecule has 0 amide bonds. The van der Waals surface area contributed by atoms with Gasteiger partial charge >= 0.3 is 0 Å². The van der Waals surface area contributed by atoms with E-state index in [1.54, 1.807) is 21.7 Å². The van der Waals surface area contributed by atoms with Crippen LogP contribution in [0.4, 0.5) is 0 Å². The topological polar surface area (TPSA) is 49.4 Å². The van der Waals surface area contributed by atoms with Gasteiger partial charge in [-0.3, -0.25) is 0 Å². The van der Waals surface area contributed by atoms with Gasteiger partial charge in [-0.05, 0) is 54.4 Å². The zero-order valence-electron chi connectivity index (χ0n) is 12.0. The van der Waals surface area contributed by atoms with Crippen LogP contribution in [-0.4, -0.2) is 26.3 Å². The zero-order valence-corrected chi connectivity index (χ0v) is 14.4. The van der Waals surface area contributed by atoms with E-state index in [0.717, 1.165) is 17.5 Å². The largest absolute Gasteiger partial charge is 0.316 e. The number of sulfonamides is 1. The molecule has 0 saturated carbocycles. The van der Waals surface area contributed by atoms with E-state index in [1.807, 2.05) is 30.8 Å². The fraction of sp³-hybridized carbons (Fsp3) is 0.429. The summed E-state index contributed by atoms with van der Waals surface area (Å²) in [7, 11) is -1.54. The van der Waals surface area contributed by atoms with Crippen LogP contribution in [-0.2, 0) is 23.0 Å². The van der Waals surface area contributed by atoms with Gasteiger partial charge in [-0.15, -0.1) is 22.7 Å². The quantitative estimate of drug-likeness (QED) is 0.929. The molecule has 7 heteroatoms. The van der Waals surface area contributed by atoms with E-state index in [2.05, 4.69) is 5.32 Å². The van der Waals surface area contributed by atoms with E-state index in [4.69, 9.17) is 0 Å². The Bertz CT molecular complexity index is 733. The van der Waals surface area contributed by atoms with Crippen molar-refractivity contribution in [3.8, 4) is 0 Å². The standard InChI is InChI=1S/C14H18N2O2S3/c1-10-12-4-6-19-13(12)3-5-16(10)21(17,18)14-7-11(8-15-2)9-20-14/h4,6-7,9-10,15H,3,5,8H2,1-2H3. The van der Waals surface area contributed by atoms with Crippen LogP contribution >= 0.6 is 22.7 Å². The van der Waals surface area contributed by atoms with Crippen molar-refractivity contribution in [2.45, 2.75) is 30.1 Å². The fourth-order valence-corrected chi connectivity index (χ4v) is 6.63. The first-order valence-electron chi connectivity index (χ1n) is 6.84. The number of rotatable bonds is 4. The zero-order chi connectivity index (χ0) is 15.0. The molecule has 21 heavy (non-hydrogen) atoms. The molecule has 0 saturated heterocycles. The monoisotopic (exact) mass is 342 g/mol. The highest BCUT2D eigenvalue weighted by atomic mass is 32.2. The van der Waals surface area contributed by atoms with Crippen molar-refractivity contribution in [3.05, 3.63) is 38.9 Å². The lowest BCUT2D eigenvalue weighted by molar-refractivity contribution is 0.330. The molecule has 0 aliphatic carbocycles. The molecule has 0 fully saturated rings. The number of hydrogen-bond acceptors (Lipinski definition) is 5. The van der Waals surface area contributed by atoms with Gasteiger partial charge in [0.1, 0.15) is 4.21 Å². The van der Waals surface area contributed by atoms with Crippen molar-refractivity contribution < 1.29 is 8.42 Å². The maximum Gasteiger partial charge on any atom is 0.253 e. The van der Waals surface area contributed by atoms with Crippen LogP contribution in [0.1, 0.15) is 29.0 Å². The van der Waals surface area contributed by atoms with Crippen LogP contribution in [0.15, 0.2) is 27.1 Å². The molecular weight excluding hydrogens is 324 g/mol. The molecule has 0 spiro atoms. The third kappa shape index (κ3) is 2.68. The number of hydrogen-bond donors (Lipinski definition) is 1. The summed E-state index contributed by atoms with van der Waals surface area (Å²) in [5.74, 6) is 0. The number of nitrogens with zero attached hydrogens (tertiary/aromatic N) is 1. The smallest absolute Gasteiger partial charge is 0.253 e. The molecule has 0 radical (unpaired) electrons. The van der Waals surface area contributed by atoms with Crippen molar-refractivity contribution in [1.29, 1.82) is 0 Å². The molecule has 3 heterocycles. The van der Waals surface area contributed by atoms with Gasteiger partial charge < -0.3 is 5.32 Å². The van der Waals surface area contributed by atoms with Crippen molar-refractivity contribution >= 4 is 32.7 Å². The van der Waals surface area contributed by atoms with Crippen LogP contribution in [0.25, 0.3) is 0 Å². The van der Waals surface area contributed by atoms with E-state index in [0.29, 0.717) is 17.3 Å². The SMILES string of the molecule is CNCc1csc(S(=O)(=O)N2CCc3sccc3C2C)c1. The summed E-state index contributed by atoms with van der Waals surface area (Å²) < 4.78 is 27.8.